The number of hydrogen-bond acceptors (Lipinski definition) is 8. The lowest BCUT2D eigenvalue weighted by molar-refractivity contribution is -0.302. The van der Waals surface area contributed by atoms with Crippen LogP contribution in [-0.2, 0) is 33.6 Å². The first-order chi connectivity index (χ1) is 12.0. The lowest BCUT2D eigenvalue weighted by Gasteiger charge is -2.06. The molecule has 0 aliphatic rings. The van der Waals surface area contributed by atoms with Gasteiger partial charge in [0.25, 0.3) is 0 Å². The molecule has 0 aromatic heterocycles. The Labute approximate surface area is 147 Å². The number of aliphatic hydroxyl groups excluding tert-OH is 1. The first kappa shape index (κ1) is 25.9. The first-order valence-corrected chi connectivity index (χ1v) is 7.85. The monoisotopic (exact) mass is 370 g/mol. The number of aliphatic carboxylic acids is 2. The van der Waals surface area contributed by atoms with Crippen LogP contribution < -0.4 is 0 Å². The number of ether oxygens (including phenoxy) is 3. The SMILES string of the molecule is COCCOCCOOCCOC.O=C(O)CCCC(CO)C(=O)O. The Hall–Kier alpha value is -1.30. The van der Waals surface area contributed by atoms with Crippen LogP contribution in [0.5, 0.6) is 0 Å². The molecule has 0 rings (SSSR count). The molecule has 0 aromatic rings. The number of hydrogen-bond donors (Lipinski definition) is 3. The topological polar surface area (TPSA) is 141 Å². The van der Waals surface area contributed by atoms with Gasteiger partial charge in [0.1, 0.15) is 13.2 Å². The van der Waals surface area contributed by atoms with Crippen LogP contribution in [-0.4, -0.2) is 87.7 Å². The van der Waals surface area contributed by atoms with Gasteiger partial charge in [0.05, 0.1) is 39.0 Å². The lowest BCUT2D eigenvalue weighted by Crippen LogP contribution is -2.17. The van der Waals surface area contributed by atoms with E-state index in [1.807, 2.05) is 0 Å². The van der Waals surface area contributed by atoms with E-state index in [9.17, 15) is 9.59 Å². The van der Waals surface area contributed by atoms with Crippen molar-refractivity contribution in [2.75, 3.05) is 60.5 Å². The molecule has 0 aromatic carbocycles. The van der Waals surface area contributed by atoms with Crippen molar-refractivity contribution in [3.63, 3.8) is 0 Å². The number of carboxylic acid groups (broad SMARTS) is 2. The maximum Gasteiger partial charge on any atom is 0.308 e. The van der Waals surface area contributed by atoms with Gasteiger partial charge in [-0.25, -0.2) is 9.78 Å². The van der Waals surface area contributed by atoms with Crippen molar-refractivity contribution in [3.8, 4) is 0 Å². The van der Waals surface area contributed by atoms with Gasteiger partial charge in [-0.15, -0.1) is 0 Å². The van der Waals surface area contributed by atoms with Crippen molar-refractivity contribution in [2.24, 2.45) is 5.92 Å². The summed E-state index contributed by atoms with van der Waals surface area (Å²) in [5.41, 5.74) is 0. The Kier molecular flexibility index (Phi) is 21.5. The van der Waals surface area contributed by atoms with E-state index in [1.165, 1.54) is 0 Å². The minimum absolute atomic E-state index is 0.0518. The quantitative estimate of drug-likeness (QED) is 0.196. The van der Waals surface area contributed by atoms with Gasteiger partial charge < -0.3 is 29.5 Å². The van der Waals surface area contributed by atoms with Crippen LogP contribution in [0.15, 0.2) is 0 Å². The van der Waals surface area contributed by atoms with E-state index in [1.54, 1.807) is 14.2 Å². The standard InChI is InChI=1S/C8H18O5.C7H12O5/c1-9-3-5-11-6-8-13-12-7-4-10-2;8-4-5(7(11)12)2-1-3-6(9)10/h3-8H2,1-2H3;5,8H,1-4H2,(H,9,10)(H,11,12). The molecule has 1 unspecified atom stereocenters. The van der Waals surface area contributed by atoms with Gasteiger partial charge in [-0.05, 0) is 12.8 Å². The number of aliphatic hydroxyl groups is 1. The summed E-state index contributed by atoms with van der Waals surface area (Å²) in [5, 5.41) is 25.2. The highest BCUT2D eigenvalue weighted by atomic mass is 17.2. The third kappa shape index (κ3) is 22.7. The van der Waals surface area contributed by atoms with Crippen LogP contribution in [0.25, 0.3) is 0 Å². The molecular formula is C15H30O10. The second-order valence-corrected chi connectivity index (χ2v) is 4.75. The maximum atomic E-state index is 10.3. The van der Waals surface area contributed by atoms with E-state index in [0.29, 0.717) is 39.6 Å². The van der Waals surface area contributed by atoms with Gasteiger partial charge in [-0.1, -0.05) is 0 Å². The Bertz CT molecular complexity index is 301. The Morgan fingerprint density at radius 1 is 0.880 bits per heavy atom. The fourth-order valence-corrected chi connectivity index (χ4v) is 1.37. The lowest BCUT2D eigenvalue weighted by atomic mass is 10.0. The van der Waals surface area contributed by atoms with Crippen molar-refractivity contribution in [1.29, 1.82) is 0 Å². The number of carbonyl (C=O) groups is 2. The molecule has 0 saturated heterocycles. The Morgan fingerprint density at radius 2 is 1.40 bits per heavy atom. The summed E-state index contributed by atoms with van der Waals surface area (Å²) in [6, 6.07) is 0. The van der Waals surface area contributed by atoms with Crippen molar-refractivity contribution >= 4 is 11.9 Å². The minimum atomic E-state index is -1.08. The second-order valence-electron chi connectivity index (χ2n) is 4.75. The summed E-state index contributed by atoms with van der Waals surface area (Å²) in [5.74, 6) is -2.86. The van der Waals surface area contributed by atoms with Gasteiger partial charge in [-0.3, -0.25) is 9.59 Å². The largest absolute Gasteiger partial charge is 0.481 e. The highest BCUT2D eigenvalue weighted by Gasteiger charge is 2.15. The third-order valence-electron chi connectivity index (χ3n) is 2.71. The summed E-state index contributed by atoms with van der Waals surface area (Å²) in [4.78, 5) is 29.8. The van der Waals surface area contributed by atoms with Crippen LogP contribution in [0, 0.1) is 5.92 Å². The molecular weight excluding hydrogens is 340 g/mol. The predicted molar refractivity (Wildman–Crippen MR) is 86.2 cm³/mol. The van der Waals surface area contributed by atoms with E-state index >= 15 is 0 Å². The van der Waals surface area contributed by atoms with Gasteiger partial charge >= 0.3 is 11.9 Å². The predicted octanol–water partition coefficient (Wildman–Crippen LogP) is 0.178. The Morgan fingerprint density at radius 3 is 1.88 bits per heavy atom. The molecule has 1 atom stereocenters. The fraction of sp³-hybridized carbons (Fsp3) is 0.867. The average Bonchev–Trinajstić information content (AvgIpc) is 2.57. The zero-order valence-corrected chi connectivity index (χ0v) is 14.8. The zero-order valence-electron chi connectivity index (χ0n) is 14.8. The minimum Gasteiger partial charge on any atom is -0.481 e. The van der Waals surface area contributed by atoms with Gasteiger partial charge in [-0.2, -0.15) is 0 Å². The van der Waals surface area contributed by atoms with Crippen molar-refractivity contribution < 1.29 is 48.9 Å². The highest BCUT2D eigenvalue weighted by Crippen LogP contribution is 2.07. The maximum absolute atomic E-state index is 10.3. The van der Waals surface area contributed by atoms with E-state index < -0.39 is 24.5 Å². The number of methoxy groups -OCH3 is 2. The normalized spacial score (nSPS) is 11.5. The van der Waals surface area contributed by atoms with Crippen molar-refractivity contribution in [2.45, 2.75) is 19.3 Å². The summed E-state index contributed by atoms with van der Waals surface area (Å²) >= 11 is 0. The van der Waals surface area contributed by atoms with E-state index in [-0.39, 0.29) is 19.3 Å². The molecule has 0 fully saturated rings. The van der Waals surface area contributed by atoms with Crippen molar-refractivity contribution in [1.82, 2.24) is 0 Å². The molecule has 0 bridgehead atoms. The van der Waals surface area contributed by atoms with E-state index in [0.717, 1.165) is 0 Å². The third-order valence-corrected chi connectivity index (χ3v) is 2.71. The van der Waals surface area contributed by atoms with Gasteiger partial charge in [0, 0.05) is 20.6 Å². The molecule has 0 amide bonds. The average molecular weight is 370 g/mol. The molecule has 150 valence electrons. The van der Waals surface area contributed by atoms with Crippen LogP contribution in [0.4, 0.5) is 0 Å². The van der Waals surface area contributed by atoms with Crippen LogP contribution in [0.3, 0.4) is 0 Å². The molecule has 0 aliphatic heterocycles. The molecule has 0 spiro atoms. The first-order valence-electron chi connectivity index (χ1n) is 7.85. The molecule has 0 saturated carbocycles. The number of rotatable bonds is 16. The van der Waals surface area contributed by atoms with Crippen LogP contribution >= 0.6 is 0 Å². The fourth-order valence-electron chi connectivity index (χ4n) is 1.37. The molecule has 0 heterocycles. The molecule has 25 heavy (non-hydrogen) atoms. The van der Waals surface area contributed by atoms with Gasteiger partial charge in [0.2, 0.25) is 0 Å². The molecule has 3 N–H and O–H groups in total. The Balaban J connectivity index is 0. The highest BCUT2D eigenvalue weighted by molar-refractivity contribution is 5.70. The zero-order chi connectivity index (χ0) is 19.3. The van der Waals surface area contributed by atoms with E-state index in [2.05, 4.69) is 0 Å². The molecule has 0 aliphatic carbocycles. The summed E-state index contributed by atoms with van der Waals surface area (Å²) < 4.78 is 14.7. The molecule has 10 heteroatoms. The summed E-state index contributed by atoms with van der Waals surface area (Å²) in [7, 11) is 3.24. The van der Waals surface area contributed by atoms with Gasteiger partial charge in [0.15, 0.2) is 0 Å². The van der Waals surface area contributed by atoms with Crippen molar-refractivity contribution in [3.05, 3.63) is 0 Å². The van der Waals surface area contributed by atoms with E-state index in [4.69, 9.17) is 39.3 Å². The summed E-state index contributed by atoms with van der Waals surface area (Å²) in [6.45, 7) is 2.65. The second kappa shape index (κ2) is 20.7. The molecule has 10 nitrogen and oxygen atoms in total. The van der Waals surface area contributed by atoms with Crippen LogP contribution in [0.2, 0.25) is 0 Å². The number of carboxylic acids is 2. The molecule has 0 radical (unpaired) electrons. The summed E-state index contributed by atoms with van der Waals surface area (Å²) in [6.07, 6.45) is 0.439. The smallest absolute Gasteiger partial charge is 0.308 e. The van der Waals surface area contributed by atoms with Crippen LogP contribution in [0.1, 0.15) is 19.3 Å².